The number of amides is 1. The SMILES string of the molecule is CCC(N)CC(=O)NCC(c1cccc(OC)c1)N(C)C. The molecule has 0 saturated carbocycles. The minimum Gasteiger partial charge on any atom is -0.497 e. The van der Waals surface area contributed by atoms with Crippen LogP contribution < -0.4 is 15.8 Å². The fourth-order valence-electron chi connectivity index (χ4n) is 2.11. The third kappa shape index (κ3) is 5.73. The molecule has 0 aliphatic heterocycles. The number of carbonyl (C=O) groups excluding carboxylic acids is 1. The van der Waals surface area contributed by atoms with Crippen LogP contribution in [0.1, 0.15) is 31.4 Å². The molecule has 0 aromatic heterocycles. The van der Waals surface area contributed by atoms with E-state index in [1.807, 2.05) is 45.3 Å². The lowest BCUT2D eigenvalue weighted by atomic mass is 10.1. The normalized spacial score (nSPS) is 13.8. The van der Waals surface area contributed by atoms with Crippen molar-refractivity contribution in [3.8, 4) is 5.75 Å². The molecule has 0 aliphatic carbocycles. The molecule has 0 aliphatic rings. The number of nitrogens with zero attached hydrogens (tertiary/aromatic N) is 1. The van der Waals surface area contributed by atoms with Crippen LogP contribution in [0.2, 0.25) is 0 Å². The van der Waals surface area contributed by atoms with Gasteiger partial charge in [0.25, 0.3) is 0 Å². The smallest absolute Gasteiger partial charge is 0.221 e. The first-order valence-corrected chi connectivity index (χ1v) is 7.30. The van der Waals surface area contributed by atoms with Crippen molar-refractivity contribution in [2.24, 2.45) is 5.73 Å². The van der Waals surface area contributed by atoms with E-state index < -0.39 is 0 Å². The summed E-state index contributed by atoms with van der Waals surface area (Å²) in [6, 6.07) is 7.93. The summed E-state index contributed by atoms with van der Waals surface area (Å²) in [6.07, 6.45) is 1.18. The van der Waals surface area contributed by atoms with Crippen LogP contribution in [0.5, 0.6) is 5.75 Å². The van der Waals surface area contributed by atoms with Crippen LogP contribution in [0, 0.1) is 0 Å². The summed E-state index contributed by atoms with van der Waals surface area (Å²) in [5.74, 6) is 0.817. The van der Waals surface area contributed by atoms with Gasteiger partial charge in [0.2, 0.25) is 5.91 Å². The molecule has 0 fully saturated rings. The summed E-state index contributed by atoms with van der Waals surface area (Å²) in [5.41, 5.74) is 6.91. The van der Waals surface area contributed by atoms with Crippen LogP contribution in [0.4, 0.5) is 0 Å². The topological polar surface area (TPSA) is 67.6 Å². The lowest BCUT2D eigenvalue weighted by Gasteiger charge is -2.25. The Morgan fingerprint density at radius 2 is 2.14 bits per heavy atom. The second-order valence-electron chi connectivity index (χ2n) is 5.43. The molecule has 1 aromatic carbocycles. The van der Waals surface area contributed by atoms with Crippen LogP contribution in [0.3, 0.4) is 0 Å². The van der Waals surface area contributed by atoms with E-state index in [0.29, 0.717) is 13.0 Å². The summed E-state index contributed by atoms with van der Waals surface area (Å²) in [5, 5.41) is 2.96. The Labute approximate surface area is 127 Å². The van der Waals surface area contributed by atoms with Crippen LogP contribution in [0.25, 0.3) is 0 Å². The lowest BCUT2D eigenvalue weighted by Crippen LogP contribution is -2.37. The average Bonchev–Trinajstić information content (AvgIpc) is 2.47. The zero-order valence-electron chi connectivity index (χ0n) is 13.4. The van der Waals surface area contributed by atoms with Crippen LogP contribution in [-0.2, 0) is 4.79 Å². The van der Waals surface area contributed by atoms with Gasteiger partial charge in [0.1, 0.15) is 5.75 Å². The van der Waals surface area contributed by atoms with Gasteiger partial charge in [0, 0.05) is 19.0 Å². The number of hydrogen-bond donors (Lipinski definition) is 2. The summed E-state index contributed by atoms with van der Waals surface area (Å²) in [7, 11) is 5.64. The maximum Gasteiger partial charge on any atom is 0.221 e. The Morgan fingerprint density at radius 1 is 1.43 bits per heavy atom. The van der Waals surface area contributed by atoms with Gasteiger partial charge < -0.3 is 20.7 Å². The molecular formula is C16H27N3O2. The van der Waals surface area contributed by atoms with Gasteiger partial charge in [-0.15, -0.1) is 0 Å². The Morgan fingerprint density at radius 3 is 2.71 bits per heavy atom. The van der Waals surface area contributed by atoms with Gasteiger partial charge in [-0.2, -0.15) is 0 Å². The highest BCUT2D eigenvalue weighted by atomic mass is 16.5. The van der Waals surface area contributed by atoms with Crippen molar-refractivity contribution in [3.05, 3.63) is 29.8 Å². The van der Waals surface area contributed by atoms with E-state index in [1.165, 1.54) is 0 Å². The predicted octanol–water partition coefficient (Wildman–Crippen LogP) is 1.54. The number of methoxy groups -OCH3 is 1. The van der Waals surface area contributed by atoms with E-state index in [-0.39, 0.29) is 18.0 Å². The van der Waals surface area contributed by atoms with Gasteiger partial charge in [-0.25, -0.2) is 0 Å². The third-order valence-corrected chi connectivity index (χ3v) is 3.57. The van der Waals surface area contributed by atoms with Gasteiger partial charge in [-0.1, -0.05) is 19.1 Å². The molecule has 1 rings (SSSR count). The standard InChI is InChI=1S/C16H27N3O2/c1-5-13(17)10-16(20)18-11-15(19(2)3)12-7-6-8-14(9-12)21-4/h6-9,13,15H,5,10-11,17H2,1-4H3,(H,18,20). The number of hydrogen-bond acceptors (Lipinski definition) is 4. The van der Waals surface area contributed by atoms with E-state index in [0.717, 1.165) is 17.7 Å². The number of ether oxygens (including phenoxy) is 1. The molecule has 0 radical (unpaired) electrons. The Kier molecular flexibility index (Phi) is 7.19. The number of carbonyl (C=O) groups is 1. The van der Waals surface area contributed by atoms with Gasteiger partial charge in [-0.05, 0) is 38.2 Å². The molecule has 21 heavy (non-hydrogen) atoms. The maximum atomic E-state index is 11.9. The van der Waals surface area contributed by atoms with Crippen molar-refractivity contribution in [3.63, 3.8) is 0 Å². The molecule has 2 atom stereocenters. The first kappa shape index (κ1) is 17.5. The molecule has 2 unspecified atom stereocenters. The first-order valence-electron chi connectivity index (χ1n) is 7.30. The van der Waals surface area contributed by atoms with Crippen molar-refractivity contribution in [1.82, 2.24) is 10.2 Å². The number of nitrogens with two attached hydrogens (primary N) is 1. The fourth-order valence-corrected chi connectivity index (χ4v) is 2.11. The average molecular weight is 293 g/mol. The van der Waals surface area contributed by atoms with E-state index in [2.05, 4.69) is 10.2 Å². The molecule has 118 valence electrons. The van der Waals surface area contributed by atoms with Crippen LogP contribution in [0.15, 0.2) is 24.3 Å². The Bertz CT molecular complexity index is 449. The molecule has 1 amide bonds. The molecule has 0 saturated heterocycles. The zero-order valence-corrected chi connectivity index (χ0v) is 13.4. The first-order chi connectivity index (χ1) is 9.97. The summed E-state index contributed by atoms with van der Waals surface area (Å²) in [6.45, 7) is 2.53. The third-order valence-electron chi connectivity index (χ3n) is 3.57. The Hall–Kier alpha value is -1.59. The second kappa shape index (κ2) is 8.64. The summed E-state index contributed by atoms with van der Waals surface area (Å²) >= 11 is 0. The van der Waals surface area contributed by atoms with E-state index in [9.17, 15) is 4.79 Å². The van der Waals surface area contributed by atoms with Gasteiger partial charge in [0.15, 0.2) is 0 Å². The summed E-state index contributed by atoms with van der Waals surface area (Å²) < 4.78 is 5.26. The number of likely N-dealkylation sites (N-methyl/N-ethyl adjacent to an activating group) is 1. The highest BCUT2D eigenvalue weighted by molar-refractivity contribution is 5.76. The van der Waals surface area contributed by atoms with Crippen molar-refractivity contribution in [1.29, 1.82) is 0 Å². The number of rotatable bonds is 8. The summed E-state index contributed by atoms with van der Waals surface area (Å²) in [4.78, 5) is 13.9. The number of nitrogens with one attached hydrogen (secondary N) is 1. The van der Waals surface area contributed by atoms with Gasteiger partial charge >= 0.3 is 0 Å². The van der Waals surface area contributed by atoms with Crippen molar-refractivity contribution < 1.29 is 9.53 Å². The van der Waals surface area contributed by atoms with E-state index in [4.69, 9.17) is 10.5 Å². The van der Waals surface area contributed by atoms with E-state index >= 15 is 0 Å². The Balaban J connectivity index is 2.67. The molecule has 5 heteroatoms. The molecular weight excluding hydrogens is 266 g/mol. The highest BCUT2D eigenvalue weighted by Gasteiger charge is 2.16. The molecule has 5 nitrogen and oxygen atoms in total. The van der Waals surface area contributed by atoms with Crippen LogP contribution >= 0.6 is 0 Å². The minimum atomic E-state index is -0.0698. The highest BCUT2D eigenvalue weighted by Crippen LogP contribution is 2.22. The minimum absolute atomic E-state index is 0.000837. The largest absolute Gasteiger partial charge is 0.497 e. The molecule has 0 heterocycles. The van der Waals surface area contributed by atoms with E-state index in [1.54, 1.807) is 7.11 Å². The fraction of sp³-hybridized carbons (Fsp3) is 0.562. The quantitative estimate of drug-likeness (QED) is 0.763. The van der Waals surface area contributed by atoms with Gasteiger partial charge in [0.05, 0.1) is 13.2 Å². The lowest BCUT2D eigenvalue weighted by molar-refractivity contribution is -0.121. The molecule has 1 aromatic rings. The number of benzene rings is 1. The zero-order chi connectivity index (χ0) is 15.8. The van der Waals surface area contributed by atoms with Crippen molar-refractivity contribution in [2.45, 2.75) is 31.8 Å². The maximum absolute atomic E-state index is 11.9. The molecule has 3 N–H and O–H groups in total. The van der Waals surface area contributed by atoms with Crippen LogP contribution in [-0.4, -0.2) is 44.6 Å². The van der Waals surface area contributed by atoms with Gasteiger partial charge in [-0.3, -0.25) is 4.79 Å². The van der Waals surface area contributed by atoms with Crippen molar-refractivity contribution in [2.75, 3.05) is 27.7 Å². The molecule has 0 bridgehead atoms. The second-order valence-corrected chi connectivity index (χ2v) is 5.43. The van der Waals surface area contributed by atoms with Crippen molar-refractivity contribution >= 4 is 5.91 Å². The molecule has 0 spiro atoms. The monoisotopic (exact) mass is 293 g/mol. The predicted molar refractivity (Wildman–Crippen MR) is 85.3 cm³/mol.